The molecule has 0 aliphatic rings. The number of aryl methyl sites for hydroxylation is 1. The number of aliphatic hydroxyl groups is 2. The van der Waals surface area contributed by atoms with E-state index in [-0.39, 0.29) is 12.3 Å². The van der Waals surface area contributed by atoms with Gasteiger partial charge in [-0.05, 0) is 19.4 Å². The summed E-state index contributed by atoms with van der Waals surface area (Å²) in [7, 11) is 0. The van der Waals surface area contributed by atoms with E-state index >= 15 is 0 Å². The van der Waals surface area contributed by atoms with Crippen LogP contribution in [0.5, 0.6) is 0 Å². The first-order valence-corrected chi connectivity index (χ1v) is 5.88. The summed E-state index contributed by atoms with van der Waals surface area (Å²) in [5.41, 5.74) is 7.70. The van der Waals surface area contributed by atoms with Crippen LogP contribution in [0, 0.1) is 6.92 Å². The highest BCUT2D eigenvalue weighted by Crippen LogP contribution is 2.25. The standard InChI is InChI=1S/C13H20N2O3/c1-8-3-4-11(14)10(7-8)13(18)12(17)5-6-15-9(2)16/h3-4,7,12-13,17-18H,5-6,14H2,1-2H3,(H,15,16). The quantitative estimate of drug-likeness (QED) is 0.574. The lowest BCUT2D eigenvalue weighted by atomic mass is 9.99. The molecule has 100 valence electrons. The molecule has 0 aliphatic heterocycles. The third kappa shape index (κ3) is 4.01. The smallest absolute Gasteiger partial charge is 0.216 e. The van der Waals surface area contributed by atoms with Gasteiger partial charge in [0.2, 0.25) is 5.91 Å². The van der Waals surface area contributed by atoms with Crippen molar-refractivity contribution in [2.75, 3.05) is 12.3 Å². The van der Waals surface area contributed by atoms with E-state index in [1.165, 1.54) is 6.92 Å². The number of nitrogens with one attached hydrogen (secondary N) is 1. The molecule has 1 aromatic carbocycles. The second-order valence-electron chi connectivity index (χ2n) is 4.42. The van der Waals surface area contributed by atoms with Crippen LogP contribution in [-0.2, 0) is 4.79 Å². The van der Waals surface area contributed by atoms with Crippen LogP contribution in [-0.4, -0.2) is 28.8 Å². The Morgan fingerprint density at radius 3 is 2.72 bits per heavy atom. The molecule has 0 fully saturated rings. The lowest BCUT2D eigenvalue weighted by Gasteiger charge is -2.20. The van der Waals surface area contributed by atoms with Crippen molar-refractivity contribution in [2.45, 2.75) is 32.5 Å². The van der Waals surface area contributed by atoms with Crippen molar-refractivity contribution in [2.24, 2.45) is 0 Å². The van der Waals surface area contributed by atoms with Gasteiger partial charge >= 0.3 is 0 Å². The number of carbonyl (C=O) groups is 1. The molecule has 5 heteroatoms. The summed E-state index contributed by atoms with van der Waals surface area (Å²) >= 11 is 0. The van der Waals surface area contributed by atoms with Crippen molar-refractivity contribution in [3.63, 3.8) is 0 Å². The molecule has 5 nitrogen and oxygen atoms in total. The number of benzene rings is 1. The second-order valence-corrected chi connectivity index (χ2v) is 4.42. The Morgan fingerprint density at radius 2 is 2.11 bits per heavy atom. The predicted molar refractivity (Wildman–Crippen MR) is 69.9 cm³/mol. The zero-order valence-electron chi connectivity index (χ0n) is 10.7. The number of carbonyl (C=O) groups excluding carboxylic acids is 1. The van der Waals surface area contributed by atoms with Crippen molar-refractivity contribution in [3.05, 3.63) is 29.3 Å². The predicted octanol–water partition coefficient (Wildman–Crippen LogP) is 0.498. The van der Waals surface area contributed by atoms with Crippen molar-refractivity contribution < 1.29 is 15.0 Å². The first kappa shape index (κ1) is 14.5. The molecule has 0 heterocycles. The first-order chi connectivity index (χ1) is 8.41. The molecule has 1 amide bonds. The summed E-state index contributed by atoms with van der Waals surface area (Å²) in [5.74, 6) is -0.160. The minimum Gasteiger partial charge on any atom is -0.398 e. The van der Waals surface area contributed by atoms with Gasteiger partial charge in [-0.1, -0.05) is 17.7 Å². The summed E-state index contributed by atoms with van der Waals surface area (Å²) in [6.45, 7) is 3.61. The van der Waals surface area contributed by atoms with E-state index in [1.54, 1.807) is 12.1 Å². The fourth-order valence-corrected chi connectivity index (χ4v) is 1.71. The van der Waals surface area contributed by atoms with Crippen molar-refractivity contribution in [3.8, 4) is 0 Å². The maximum atomic E-state index is 10.7. The molecule has 18 heavy (non-hydrogen) atoms. The molecule has 2 unspecified atom stereocenters. The van der Waals surface area contributed by atoms with Gasteiger partial charge < -0.3 is 21.3 Å². The number of amides is 1. The Hall–Kier alpha value is -1.59. The van der Waals surface area contributed by atoms with Crippen molar-refractivity contribution in [1.82, 2.24) is 5.32 Å². The number of aliphatic hydroxyl groups excluding tert-OH is 2. The fraction of sp³-hybridized carbons (Fsp3) is 0.462. The average molecular weight is 252 g/mol. The van der Waals surface area contributed by atoms with Crippen LogP contribution in [0.15, 0.2) is 18.2 Å². The second kappa shape index (κ2) is 6.37. The van der Waals surface area contributed by atoms with Crippen LogP contribution >= 0.6 is 0 Å². The summed E-state index contributed by atoms with van der Waals surface area (Å²) in [6, 6.07) is 5.30. The van der Waals surface area contributed by atoms with Gasteiger partial charge in [0.05, 0.1) is 6.10 Å². The van der Waals surface area contributed by atoms with Crippen molar-refractivity contribution >= 4 is 11.6 Å². The van der Waals surface area contributed by atoms with Gasteiger partial charge in [-0.15, -0.1) is 0 Å². The van der Waals surface area contributed by atoms with E-state index in [0.717, 1.165) is 5.56 Å². The molecule has 0 spiro atoms. The summed E-state index contributed by atoms with van der Waals surface area (Å²) < 4.78 is 0. The Kier molecular flexibility index (Phi) is 5.12. The lowest BCUT2D eigenvalue weighted by Crippen LogP contribution is -2.28. The zero-order valence-corrected chi connectivity index (χ0v) is 10.7. The van der Waals surface area contributed by atoms with Gasteiger partial charge in [-0.3, -0.25) is 4.79 Å². The molecule has 2 atom stereocenters. The molecule has 0 aromatic heterocycles. The lowest BCUT2D eigenvalue weighted by molar-refractivity contribution is -0.119. The monoisotopic (exact) mass is 252 g/mol. The third-order valence-corrected chi connectivity index (χ3v) is 2.74. The van der Waals surface area contributed by atoms with E-state index in [4.69, 9.17) is 5.73 Å². The van der Waals surface area contributed by atoms with Gasteiger partial charge in [-0.25, -0.2) is 0 Å². The summed E-state index contributed by atoms with van der Waals surface area (Å²) in [6.07, 6.45) is -1.73. The highest BCUT2D eigenvalue weighted by molar-refractivity contribution is 5.72. The largest absolute Gasteiger partial charge is 0.398 e. The Labute approximate surface area is 107 Å². The first-order valence-electron chi connectivity index (χ1n) is 5.88. The van der Waals surface area contributed by atoms with E-state index < -0.39 is 12.2 Å². The number of anilines is 1. The summed E-state index contributed by atoms with van der Waals surface area (Å²) in [4.78, 5) is 10.7. The molecule has 1 aromatic rings. The van der Waals surface area contributed by atoms with Gasteiger partial charge in [0.25, 0.3) is 0 Å². The Balaban J connectivity index is 2.64. The number of nitrogens with two attached hydrogens (primary N) is 1. The van der Waals surface area contributed by atoms with Crippen molar-refractivity contribution in [1.29, 1.82) is 0 Å². The van der Waals surface area contributed by atoms with Crippen LogP contribution in [0.3, 0.4) is 0 Å². The van der Waals surface area contributed by atoms with Crippen LogP contribution in [0.1, 0.15) is 30.6 Å². The minimum absolute atomic E-state index is 0.160. The highest BCUT2D eigenvalue weighted by atomic mass is 16.3. The van der Waals surface area contributed by atoms with E-state index in [2.05, 4.69) is 5.32 Å². The maximum absolute atomic E-state index is 10.7. The number of hydrogen-bond donors (Lipinski definition) is 4. The molecule has 0 aliphatic carbocycles. The van der Waals surface area contributed by atoms with E-state index in [0.29, 0.717) is 17.8 Å². The Morgan fingerprint density at radius 1 is 1.44 bits per heavy atom. The molecule has 1 rings (SSSR count). The minimum atomic E-state index is -1.04. The fourth-order valence-electron chi connectivity index (χ4n) is 1.71. The van der Waals surface area contributed by atoms with Gasteiger partial charge in [0, 0.05) is 24.7 Å². The average Bonchev–Trinajstić information content (AvgIpc) is 2.30. The number of rotatable bonds is 5. The normalized spacial score (nSPS) is 14.0. The van der Waals surface area contributed by atoms with E-state index in [9.17, 15) is 15.0 Å². The molecule has 0 saturated heterocycles. The van der Waals surface area contributed by atoms with E-state index in [1.807, 2.05) is 13.0 Å². The molecular weight excluding hydrogens is 232 g/mol. The Bertz CT molecular complexity index is 421. The highest BCUT2D eigenvalue weighted by Gasteiger charge is 2.20. The molecule has 5 N–H and O–H groups in total. The van der Waals surface area contributed by atoms with Crippen LogP contribution in [0.2, 0.25) is 0 Å². The van der Waals surface area contributed by atoms with Crippen LogP contribution in [0.4, 0.5) is 5.69 Å². The maximum Gasteiger partial charge on any atom is 0.216 e. The summed E-state index contributed by atoms with van der Waals surface area (Å²) in [5, 5.41) is 22.4. The van der Waals surface area contributed by atoms with Gasteiger partial charge in [0.1, 0.15) is 6.10 Å². The van der Waals surface area contributed by atoms with Crippen LogP contribution in [0.25, 0.3) is 0 Å². The third-order valence-electron chi connectivity index (χ3n) is 2.74. The number of nitrogen functional groups attached to an aromatic ring is 1. The zero-order chi connectivity index (χ0) is 13.7. The van der Waals surface area contributed by atoms with Crippen LogP contribution < -0.4 is 11.1 Å². The SMILES string of the molecule is CC(=O)NCCC(O)C(O)c1cc(C)ccc1N. The topological polar surface area (TPSA) is 95.6 Å². The van der Waals surface area contributed by atoms with Gasteiger partial charge in [0.15, 0.2) is 0 Å². The molecule has 0 saturated carbocycles. The van der Waals surface area contributed by atoms with Gasteiger partial charge in [-0.2, -0.15) is 0 Å². The molecule has 0 bridgehead atoms. The molecule has 0 radical (unpaired) electrons. The number of hydrogen-bond acceptors (Lipinski definition) is 4. The molecular formula is C13H20N2O3.